The van der Waals surface area contributed by atoms with Crippen LogP contribution < -0.4 is 29.9 Å². The van der Waals surface area contributed by atoms with Crippen LogP contribution in [0.15, 0.2) is 69.9 Å². The Bertz CT molecular complexity index is 2130. The molecule has 3 aromatic carbocycles. The minimum Gasteiger partial charge on any atom is -0.508 e. The van der Waals surface area contributed by atoms with E-state index in [9.17, 15) is 20.1 Å². The zero-order chi connectivity index (χ0) is 38.4. The molecule has 0 bridgehead atoms. The third kappa shape index (κ3) is 8.20. The van der Waals surface area contributed by atoms with Crippen LogP contribution in [0.25, 0.3) is 33.4 Å². The number of hydrogen-bond donors (Lipinski definition) is 5. The maximum Gasteiger partial charge on any atom is 0.204 e. The van der Waals surface area contributed by atoms with E-state index in [2.05, 4.69) is 52.5 Å². The molecule has 1 saturated carbocycles. The Morgan fingerprint density at radius 3 is 2.25 bits per heavy atom. The zero-order valence-corrected chi connectivity index (χ0v) is 31.9. The van der Waals surface area contributed by atoms with Gasteiger partial charge in [0, 0.05) is 86.1 Å². The van der Waals surface area contributed by atoms with E-state index in [1.807, 2.05) is 0 Å². The van der Waals surface area contributed by atoms with E-state index in [0.29, 0.717) is 53.9 Å². The molecule has 0 radical (unpaired) electrons. The van der Waals surface area contributed by atoms with Gasteiger partial charge in [-0.25, -0.2) is 0 Å². The lowest BCUT2D eigenvalue weighted by atomic mass is 9.85. The van der Waals surface area contributed by atoms with E-state index in [1.165, 1.54) is 55.9 Å². The molecule has 292 valence electrons. The second-order valence-electron chi connectivity index (χ2n) is 14.9. The summed E-state index contributed by atoms with van der Waals surface area (Å²) in [6, 6.07) is 18.9. The summed E-state index contributed by atoms with van der Waals surface area (Å²) in [6.45, 7) is 6.35. The van der Waals surface area contributed by atoms with E-state index in [-0.39, 0.29) is 59.9 Å². The quantitative estimate of drug-likeness (QED) is 0.0689. The standard InChI is InChI=1S/C44H53N3O8/c1-44(16-3-4-17-44)37-27-34(43(46-37)47-20-18-45-19-21-47)31-9-5-8-29(26-31)10-15-33-39-38(35(51)28-36(55-39)30-11-13-32(50)14-12-30)41(54-25-7-23-49)42(52-2)40(33)53-24-6-22-48/h5,8-9,11-14,26-28,45-46,48-50H,3-4,6-7,10,15-25H2,1-2H3. The maximum atomic E-state index is 14.1. The molecule has 5 aromatic rings. The van der Waals surface area contributed by atoms with Crippen molar-refractivity contribution in [3.8, 4) is 45.4 Å². The lowest BCUT2D eigenvalue weighted by Crippen LogP contribution is -2.43. The highest BCUT2D eigenvalue weighted by molar-refractivity contribution is 5.93. The Labute approximate surface area is 321 Å². The number of aliphatic hydroxyl groups excluding tert-OH is 2. The lowest BCUT2D eigenvalue weighted by molar-refractivity contribution is 0.217. The Hall–Kier alpha value is -4.97. The molecule has 0 spiro atoms. The fourth-order valence-electron chi connectivity index (χ4n) is 8.04. The van der Waals surface area contributed by atoms with Gasteiger partial charge in [0.2, 0.25) is 5.75 Å². The molecule has 0 unspecified atom stereocenters. The van der Waals surface area contributed by atoms with Crippen molar-refractivity contribution in [1.29, 1.82) is 0 Å². The fourth-order valence-corrected chi connectivity index (χ4v) is 8.04. The molecule has 3 heterocycles. The Balaban J connectivity index is 1.32. The van der Waals surface area contributed by atoms with Gasteiger partial charge in [-0.1, -0.05) is 44.0 Å². The number of ether oxygens (including phenoxy) is 3. The number of piperazine rings is 1. The van der Waals surface area contributed by atoms with Gasteiger partial charge < -0.3 is 49.1 Å². The third-order valence-corrected chi connectivity index (χ3v) is 11.1. The van der Waals surface area contributed by atoms with Crippen LogP contribution in [-0.4, -0.2) is 80.0 Å². The topological polar surface area (TPSA) is 150 Å². The minimum absolute atomic E-state index is 0.0616. The van der Waals surface area contributed by atoms with Crippen molar-refractivity contribution in [1.82, 2.24) is 10.3 Å². The number of anilines is 1. The van der Waals surface area contributed by atoms with Crippen LogP contribution in [0.4, 0.5) is 5.82 Å². The number of benzene rings is 3. The number of aromatic nitrogens is 1. The predicted octanol–water partition coefficient (Wildman–Crippen LogP) is 6.72. The van der Waals surface area contributed by atoms with Gasteiger partial charge >= 0.3 is 0 Å². The molecule has 1 saturated heterocycles. The molecular weight excluding hydrogens is 698 g/mol. The number of methoxy groups -OCH3 is 1. The van der Waals surface area contributed by atoms with Crippen molar-refractivity contribution in [3.05, 3.63) is 87.7 Å². The van der Waals surface area contributed by atoms with Crippen LogP contribution in [0, 0.1) is 0 Å². The fraction of sp³-hybridized carbons (Fsp3) is 0.432. The van der Waals surface area contributed by atoms with Gasteiger partial charge in [0.25, 0.3) is 0 Å². The van der Waals surface area contributed by atoms with Gasteiger partial charge in [-0.15, -0.1) is 0 Å². The summed E-state index contributed by atoms with van der Waals surface area (Å²) in [6.07, 6.45) is 6.63. The van der Waals surface area contributed by atoms with Crippen LogP contribution in [0.1, 0.15) is 62.3 Å². The number of aryl methyl sites for hydroxylation is 2. The first-order valence-electron chi connectivity index (χ1n) is 19.6. The third-order valence-electron chi connectivity index (χ3n) is 11.1. The van der Waals surface area contributed by atoms with E-state index >= 15 is 0 Å². The summed E-state index contributed by atoms with van der Waals surface area (Å²) in [5.74, 6) is 2.43. The Morgan fingerprint density at radius 2 is 1.56 bits per heavy atom. The highest BCUT2D eigenvalue weighted by atomic mass is 16.5. The van der Waals surface area contributed by atoms with E-state index < -0.39 is 0 Å². The van der Waals surface area contributed by atoms with Crippen LogP contribution >= 0.6 is 0 Å². The summed E-state index contributed by atoms with van der Waals surface area (Å²) in [5.41, 5.74) is 6.15. The van der Waals surface area contributed by atoms with Crippen molar-refractivity contribution in [2.75, 3.05) is 64.6 Å². The number of aromatic hydroxyl groups is 1. The second kappa shape index (κ2) is 17.2. The highest BCUT2D eigenvalue weighted by Crippen LogP contribution is 2.48. The molecule has 7 rings (SSSR count). The molecule has 2 aliphatic rings. The van der Waals surface area contributed by atoms with Crippen molar-refractivity contribution < 1.29 is 33.9 Å². The number of H-pyrrole nitrogens is 1. The molecule has 1 aliphatic carbocycles. The summed E-state index contributed by atoms with van der Waals surface area (Å²) >= 11 is 0. The smallest absolute Gasteiger partial charge is 0.204 e. The number of nitrogens with one attached hydrogen (secondary N) is 2. The van der Waals surface area contributed by atoms with Gasteiger partial charge in [-0.2, -0.15) is 0 Å². The monoisotopic (exact) mass is 751 g/mol. The number of aliphatic hydroxyl groups is 2. The van der Waals surface area contributed by atoms with Gasteiger partial charge in [0.05, 0.1) is 20.3 Å². The number of rotatable bonds is 16. The number of hydrogen-bond acceptors (Lipinski definition) is 10. The lowest BCUT2D eigenvalue weighted by Gasteiger charge is -2.30. The van der Waals surface area contributed by atoms with E-state index in [4.69, 9.17) is 18.6 Å². The van der Waals surface area contributed by atoms with E-state index in [0.717, 1.165) is 37.3 Å². The largest absolute Gasteiger partial charge is 0.508 e. The minimum atomic E-state index is -0.327. The van der Waals surface area contributed by atoms with Gasteiger partial charge in [0.1, 0.15) is 28.3 Å². The second-order valence-corrected chi connectivity index (χ2v) is 14.9. The molecule has 2 fully saturated rings. The molecule has 0 atom stereocenters. The first-order chi connectivity index (χ1) is 26.8. The zero-order valence-electron chi connectivity index (χ0n) is 31.9. The van der Waals surface area contributed by atoms with Crippen LogP contribution in [0.2, 0.25) is 0 Å². The summed E-state index contributed by atoms with van der Waals surface area (Å²) < 4.78 is 25.0. The SMILES string of the molecule is COc1c(OCCCO)c(CCc2cccc(-c3cc(C4(C)CCCC4)[nH]c3N3CCNCC3)c2)c2oc(-c3ccc(O)cc3)cc(=O)c2c1OCCCO. The number of nitrogens with zero attached hydrogens (tertiary/aromatic N) is 1. The number of aromatic amines is 1. The van der Waals surface area contributed by atoms with Gasteiger partial charge in [-0.3, -0.25) is 4.79 Å². The molecule has 5 N–H and O–H groups in total. The van der Waals surface area contributed by atoms with Crippen molar-refractivity contribution in [2.45, 2.75) is 63.7 Å². The van der Waals surface area contributed by atoms with Crippen LogP contribution in [0.3, 0.4) is 0 Å². The maximum absolute atomic E-state index is 14.1. The average molecular weight is 752 g/mol. The molecule has 11 nitrogen and oxygen atoms in total. The molecule has 11 heteroatoms. The predicted molar refractivity (Wildman–Crippen MR) is 215 cm³/mol. The van der Waals surface area contributed by atoms with Crippen LogP contribution in [-0.2, 0) is 18.3 Å². The Morgan fingerprint density at radius 1 is 0.855 bits per heavy atom. The molecule has 1 aliphatic heterocycles. The van der Waals surface area contributed by atoms with Crippen LogP contribution in [0.5, 0.6) is 23.0 Å². The highest BCUT2D eigenvalue weighted by Gasteiger charge is 2.34. The van der Waals surface area contributed by atoms with Crippen molar-refractivity contribution in [3.63, 3.8) is 0 Å². The Kier molecular flexibility index (Phi) is 12.0. The average Bonchev–Trinajstić information content (AvgIpc) is 3.86. The molecule has 2 aromatic heterocycles. The first-order valence-corrected chi connectivity index (χ1v) is 19.6. The van der Waals surface area contributed by atoms with E-state index in [1.54, 1.807) is 24.3 Å². The first kappa shape index (κ1) is 38.3. The summed E-state index contributed by atoms with van der Waals surface area (Å²) in [7, 11) is 1.51. The molecular formula is C44H53N3O8. The number of fused-ring (bicyclic) bond motifs is 1. The number of phenolic OH excluding ortho intramolecular Hbond substituents is 1. The molecule has 0 amide bonds. The van der Waals surface area contributed by atoms with Crippen molar-refractivity contribution >= 4 is 16.8 Å². The van der Waals surface area contributed by atoms with Crippen molar-refractivity contribution in [2.24, 2.45) is 0 Å². The van der Waals surface area contributed by atoms with Gasteiger partial charge in [-0.05, 0) is 67.1 Å². The summed E-state index contributed by atoms with van der Waals surface area (Å²) in [4.78, 5) is 20.4. The normalized spacial score (nSPS) is 15.5. The van der Waals surface area contributed by atoms with Gasteiger partial charge in [0.15, 0.2) is 16.9 Å². The molecule has 55 heavy (non-hydrogen) atoms. The number of phenols is 1. The summed E-state index contributed by atoms with van der Waals surface area (Å²) in [5, 5.41) is 32.8.